The van der Waals surface area contributed by atoms with Crippen LogP contribution in [0.2, 0.25) is 0 Å². The number of hydrogen-bond acceptors (Lipinski definition) is 4. The molecule has 6 heteroatoms. The maximum absolute atomic E-state index is 12.0. The molecule has 0 radical (unpaired) electrons. The number of nitrogens with two attached hydrogens (primary N) is 1. The van der Waals surface area contributed by atoms with Gasteiger partial charge >= 0.3 is 0 Å². The number of nitrogens with one attached hydrogen (secondary N) is 1. The SMILES string of the molecule is COC(CN)CC(=O)NC(CS(C)=O)c1ccccc1. The topological polar surface area (TPSA) is 81.4 Å². The van der Waals surface area contributed by atoms with E-state index in [-0.39, 0.29) is 24.5 Å². The Morgan fingerprint density at radius 2 is 2.05 bits per heavy atom. The Bertz CT molecular complexity index is 435. The first-order valence-electron chi connectivity index (χ1n) is 6.44. The lowest BCUT2D eigenvalue weighted by Crippen LogP contribution is -2.36. The molecule has 0 aromatic heterocycles. The molecule has 0 heterocycles. The quantitative estimate of drug-likeness (QED) is 0.736. The van der Waals surface area contributed by atoms with Gasteiger partial charge in [0, 0.05) is 36.5 Å². The summed E-state index contributed by atoms with van der Waals surface area (Å²) >= 11 is 0. The van der Waals surface area contributed by atoms with Gasteiger partial charge in [0.1, 0.15) is 0 Å². The Labute approximate surface area is 122 Å². The number of methoxy groups -OCH3 is 1. The normalized spacial score (nSPS) is 15.3. The molecule has 3 unspecified atom stereocenters. The highest BCUT2D eigenvalue weighted by atomic mass is 32.2. The number of hydrogen-bond donors (Lipinski definition) is 2. The van der Waals surface area contributed by atoms with Crippen LogP contribution in [0.5, 0.6) is 0 Å². The molecule has 0 saturated carbocycles. The van der Waals surface area contributed by atoms with E-state index in [0.717, 1.165) is 5.56 Å². The summed E-state index contributed by atoms with van der Waals surface area (Å²) in [7, 11) is 0.529. The Hall–Kier alpha value is -1.24. The van der Waals surface area contributed by atoms with Gasteiger partial charge in [-0.25, -0.2) is 0 Å². The van der Waals surface area contributed by atoms with Crippen LogP contribution in [0.1, 0.15) is 18.0 Å². The lowest BCUT2D eigenvalue weighted by Gasteiger charge is -2.20. The zero-order valence-electron chi connectivity index (χ0n) is 11.9. The predicted octanol–water partition coefficient (Wildman–Crippen LogP) is 0.586. The van der Waals surface area contributed by atoms with Crippen LogP contribution in [-0.2, 0) is 20.3 Å². The van der Waals surface area contributed by atoms with Crippen molar-refractivity contribution < 1.29 is 13.7 Å². The summed E-state index contributed by atoms with van der Waals surface area (Å²) in [6, 6.07) is 9.25. The highest BCUT2D eigenvalue weighted by Gasteiger charge is 2.18. The monoisotopic (exact) mass is 298 g/mol. The first kappa shape index (κ1) is 16.8. The second-order valence-corrected chi connectivity index (χ2v) is 6.05. The van der Waals surface area contributed by atoms with Crippen LogP contribution >= 0.6 is 0 Å². The number of benzene rings is 1. The molecule has 0 aliphatic heterocycles. The highest BCUT2D eigenvalue weighted by Crippen LogP contribution is 2.14. The molecule has 20 heavy (non-hydrogen) atoms. The van der Waals surface area contributed by atoms with E-state index in [4.69, 9.17) is 10.5 Å². The van der Waals surface area contributed by atoms with Gasteiger partial charge in [-0.3, -0.25) is 9.00 Å². The summed E-state index contributed by atoms with van der Waals surface area (Å²) < 4.78 is 16.6. The molecule has 3 atom stereocenters. The standard InChI is InChI=1S/C14H22N2O3S/c1-19-12(9-15)8-14(17)16-13(10-20(2)18)11-6-4-3-5-7-11/h3-7,12-13H,8-10,15H2,1-2H3,(H,16,17). The third kappa shape index (κ3) is 5.81. The number of carbonyl (C=O) groups is 1. The molecular weight excluding hydrogens is 276 g/mol. The molecule has 0 aliphatic rings. The summed E-state index contributed by atoms with van der Waals surface area (Å²) in [6.45, 7) is 0.291. The van der Waals surface area contributed by atoms with Gasteiger partial charge in [-0.2, -0.15) is 0 Å². The Kier molecular flexibility index (Phi) is 7.43. The highest BCUT2D eigenvalue weighted by molar-refractivity contribution is 7.84. The molecule has 3 N–H and O–H groups in total. The Morgan fingerprint density at radius 3 is 2.55 bits per heavy atom. The van der Waals surface area contributed by atoms with Crippen molar-refractivity contribution in [2.75, 3.05) is 25.7 Å². The van der Waals surface area contributed by atoms with Crippen LogP contribution in [0.4, 0.5) is 0 Å². The van der Waals surface area contributed by atoms with Crippen LogP contribution in [0.25, 0.3) is 0 Å². The van der Waals surface area contributed by atoms with Gasteiger partial charge in [-0.15, -0.1) is 0 Å². The fourth-order valence-corrected chi connectivity index (χ4v) is 2.61. The van der Waals surface area contributed by atoms with Crippen molar-refractivity contribution in [1.82, 2.24) is 5.32 Å². The van der Waals surface area contributed by atoms with Crippen molar-refractivity contribution in [3.63, 3.8) is 0 Å². The van der Waals surface area contributed by atoms with Crippen molar-refractivity contribution in [3.8, 4) is 0 Å². The zero-order chi connectivity index (χ0) is 15.0. The van der Waals surface area contributed by atoms with Gasteiger partial charge in [0.2, 0.25) is 5.91 Å². The smallest absolute Gasteiger partial charge is 0.223 e. The minimum Gasteiger partial charge on any atom is -0.380 e. The Morgan fingerprint density at radius 1 is 1.40 bits per heavy atom. The molecule has 1 aromatic rings. The molecule has 0 spiro atoms. The molecule has 1 aromatic carbocycles. The Balaban J connectivity index is 2.70. The maximum atomic E-state index is 12.0. The fourth-order valence-electron chi connectivity index (χ4n) is 1.86. The number of carbonyl (C=O) groups excluding carboxylic acids is 1. The van der Waals surface area contributed by atoms with Crippen molar-refractivity contribution in [2.24, 2.45) is 5.73 Å². The van der Waals surface area contributed by atoms with Gasteiger partial charge in [0.25, 0.3) is 0 Å². The fraction of sp³-hybridized carbons (Fsp3) is 0.500. The number of rotatable bonds is 8. The molecule has 0 saturated heterocycles. The summed E-state index contributed by atoms with van der Waals surface area (Å²) in [5, 5.41) is 2.90. The molecule has 0 bridgehead atoms. The van der Waals surface area contributed by atoms with Crippen molar-refractivity contribution in [3.05, 3.63) is 35.9 Å². The van der Waals surface area contributed by atoms with Crippen molar-refractivity contribution >= 4 is 16.7 Å². The van der Waals surface area contributed by atoms with Crippen LogP contribution < -0.4 is 11.1 Å². The average molecular weight is 298 g/mol. The molecule has 0 aliphatic carbocycles. The lowest BCUT2D eigenvalue weighted by atomic mass is 10.1. The van der Waals surface area contributed by atoms with Crippen molar-refractivity contribution in [2.45, 2.75) is 18.6 Å². The summed E-state index contributed by atoms with van der Waals surface area (Å²) in [4.78, 5) is 12.0. The van der Waals surface area contributed by atoms with Crippen LogP contribution in [0.3, 0.4) is 0 Å². The summed E-state index contributed by atoms with van der Waals surface area (Å²) in [5.41, 5.74) is 6.44. The summed E-state index contributed by atoms with van der Waals surface area (Å²) in [6.07, 6.45) is 1.53. The van der Waals surface area contributed by atoms with Crippen LogP contribution in [-0.4, -0.2) is 41.9 Å². The summed E-state index contributed by atoms with van der Waals surface area (Å²) in [5.74, 6) is 0.234. The molecule has 0 fully saturated rings. The van der Waals surface area contributed by atoms with E-state index >= 15 is 0 Å². The van der Waals surface area contributed by atoms with E-state index in [1.54, 1.807) is 6.26 Å². The largest absolute Gasteiger partial charge is 0.380 e. The molecule has 112 valence electrons. The van der Waals surface area contributed by atoms with Crippen molar-refractivity contribution in [1.29, 1.82) is 0 Å². The zero-order valence-corrected chi connectivity index (χ0v) is 12.7. The first-order valence-corrected chi connectivity index (χ1v) is 8.16. The third-order valence-corrected chi connectivity index (χ3v) is 3.75. The molecule has 5 nitrogen and oxygen atoms in total. The third-order valence-electron chi connectivity index (χ3n) is 2.95. The van der Waals surface area contributed by atoms with Gasteiger partial charge in [-0.05, 0) is 5.56 Å². The van der Waals surface area contributed by atoms with Gasteiger partial charge in [0.05, 0.1) is 18.6 Å². The van der Waals surface area contributed by atoms with E-state index in [0.29, 0.717) is 12.3 Å². The average Bonchev–Trinajstić information content (AvgIpc) is 2.44. The van der Waals surface area contributed by atoms with E-state index in [9.17, 15) is 9.00 Å². The van der Waals surface area contributed by atoms with Crippen LogP contribution in [0.15, 0.2) is 30.3 Å². The minimum atomic E-state index is -0.999. The lowest BCUT2D eigenvalue weighted by molar-refractivity contribution is -0.124. The second-order valence-electron chi connectivity index (χ2n) is 4.57. The maximum Gasteiger partial charge on any atom is 0.223 e. The van der Waals surface area contributed by atoms with Crippen LogP contribution in [0, 0.1) is 0 Å². The predicted molar refractivity (Wildman–Crippen MR) is 80.7 cm³/mol. The minimum absolute atomic E-state index is 0.151. The molecular formula is C14H22N2O3S. The van der Waals surface area contributed by atoms with E-state index in [1.807, 2.05) is 30.3 Å². The van der Waals surface area contributed by atoms with Gasteiger partial charge in [0.15, 0.2) is 0 Å². The van der Waals surface area contributed by atoms with Gasteiger partial charge < -0.3 is 15.8 Å². The first-order chi connectivity index (χ1) is 9.56. The van der Waals surface area contributed by atoms with E-state index in [1.165, 1.54) is 7.11 Å². The number of ether oxygens (including phenoxy) is 1. The van der Waals surface area contributed by atoms with E-state index in [2.05, 4.69) is 5.32 Å². The molecule has 1 amide bonds. The van der Waals surface area contributed by atoms with Gasteiger partial charge in [-0.1, -0.05) is 30.3 Å². The second kappa shape index (κ2) is 8.84. The molecule has 1 rings (SSSR count). The number of amides is 1. The van der Waals surface area contributed by atoms with E-state index < -0.39 is 10.8 Å².